The molecular formula is C36H32OP2. The van der Waals surface area contributed by atoms with Gasteiger partial charge in [-0.2, -0.15) is 0 Å². The molecule has 0 N–H and O–H groups in total. The summed E-state index contributed by atoms with van der Waals surface area (Å²) in [5.41, 5.74) is 0. The maximum atomic E-state index is 8.22. The molecule has 0 aromatic heterocycles. The quantitative estimate of drug-likeness (QED) is 0.206. The second-order valence-corrected chi connectivity index (χ2v) is 16.7. The van der Waals surface area contributed by atoms with Crippen molar-refractivity contribution in [1.29, 1.82) is 0 Å². The summed E-state index contributed by atoms with van der Waals surface area (Å²) in [6.45, 7) is 0. The Hall–Kier alpha value is -3.86. The van der Waals surface area contributed by atoms with Crippen molar-refractivity contribution >= 4 is 46.8 Å². The Morgan fingerprint density at radius 1 is 0.231 bits per heavy atom. The van der Waals surface area contributed by atoms with E-state index in [1.807, 2.05) is 0 Å². The van der Waals surface area contributed by atoms with Crippen molar-refractivity contribution in [2.24, 2.45) is 0 Å². The van der Waals surface area contributed by atoms with Crippen LogP contribution in [0.4, 0.5) is 0 Å². The van der Waals surface area contributed by atoms with Crippen LogP contribution in [-0.4, -0.2) is 0 Å². The Bertz CT molecular complexity index is 1270. The van der Waals surface area contributed by atoms with Crippen LogP contribution in [0.3, 0.4) is 0 Å². The molecule has 0 amide bonds. The normalized spacial score (nSPS) is 12.5. The van der Waals surface area contributed by atoms with Crippen molar-refractivity contribution < 1.29 is 4.31 Å². The molecule has 0 aliphatic carbocycles. The van der Waals surface area contributed by atoms with Gasteiger partial charge >= 0.3 is 233 Å². The molecule has 0 spiro atoms. The molecule has 0 bridgehead atoms. The van der Waals surface area contributed by atoms with Gasteiger partial charge in [0.25, 0.3) is 0 Å². The van der Waals surface area contributed by atoms with E-state index in [0.29, 0.717) is 0 Å². The van der Waals surface area contributed by atoms with Gasteiger partial charge in [0.15, 0.2) is 0 Å². The molecule has 0 fully saturated rings. The average molecular weight is 543 g/mol. The zero-order valence-electron chi connectivity index (χ0n) is 21.7. The van der Waals surface area contributed by atoms with E-state index in [2.05, 4.69) is 182 Å². The number of hydrogen-bond acceptors (Lipinski definition) is 1. The average Bonchev–Trinajstić information content (AvgIpc) is 3.04. The summed E-state index contributed by atoms with van der Waals surface area (Å²) in [6, 6.07) is 65.3. The van der Waals surface area contributed by atoms with Gasteiger partial charge in [0.1, 0.15) is 0 Å². The monoisotopic (exact) mass is 542 g/mol. The fourth-order valence-electron chi connectivity index (χ4n) is 5.62. The van der Waals surface area contributed by atoms with E-state index in [1.165, 1.54) is 31.8 Å². The van der Waals surface area contributed by atoms with E-state index in [1.54, 1.807) is 0 Å². The fraction of sp³-hybridized carbons (Fsp3) is 0. The molecule has 0 unspecified atom stereocenters. The predicted molar refractivity (Wildman–Crippen MR) is 174 cm³/mol. The minimum absolute atomic E-state index is 1.24. The molecule has 0 atom stereocenters. The first-order valence-corrected chi connectivity index (χ1v) is 17.2. The topological polar surface area (TPSA) is 9.23 Å². The predicted octanol–water partition coefficient (Wildman–Crippen LogP) is 6.29. The van der Waals surface area contributed by atoms with Crippen molar-refractivity contribution in [2.45, 2.75) is 0 Å². The van der Waals surface area contributed by atoms with Crippen molar-refractivity contribution in [2.75, 3.05) is 0 Å². The van der Waals surface area contributed by atoms with E-state index in [4.69, 9.17) is 4.31 Å². The molecule has 6 aromatic carbocycles. The van der Waals surface area contributed by atoms with Gasteiger partial charge in [0, 0.05) is 0 Å². The Kier molecular flexibility index (Phi) is 7.49. The van der Waals surface area contributed by atoms with Crippen molar-refractivity contribution in [3.05, 3.63) is 182 Å². The summed E-state index contributed by atoms with van der Waals surface area (Å²) < 4.78 is 8.22. The summed E-state index contributed by atoms with van der Waals surface area (Å²) in [5, 5.41) is 7.43. The van der Waals surface area contributed by atoms with Gasteiger partial charge in [-0.3, -0.25) is 0 Å². The Labute approximate surface area is 232 Å². The van der Waals surface area contributed by atoms with Crippen molar-refractivity contribution in [1.82, 2.24) is 0 Å². The molecule has 0 heterocycles. The molecule has 6 aromatic rings. The Morgan fingerprint density at radius 3 is 0.538 bits per heavy atom. The summed E-state index contributed by atoms with van der Waals surface area (Å²) in [6.07, 6.45) is 0. The van der Waals surface area contributed by atoms with Gasteiger partial charge in [0.2, 0.25) is 0 Å². The molecule has 192 valence electrons. The summed E-state index contributed by atoms with van der Waals surface area (Å²) >= 11 is 0. The van der Waals surface area contributed by atoms with Crippen LogP contribution in [0.2, 0.25) is 0 Å². The third-order valence-electron chi connectivity index (χ3n) is 7.39. The number of hydrogen-bond donors (Lipinski definition) is 0. The van der Waals surface area contributed by atoms with Crippen LogP contribution in [0.5, 0.6) is 0 Å². The van der Waals surface area contributed by atoms with Crippen molar-refractivity contribution in [3.63, 3.8) is 0 Å². The third-order valence-corrected chi connectivity index (χ3v) is 16.7. The van der Waals surface area contributed by atoms with Crippen LogP contribution in [0.1, 0.15) is 0 Å². The third kappa shape index (κ3) is 4.75. The Morgan fingerprint density at radius 2 is 0.385 bits per heavy atom. The molecule has 0 saturated carbocycles. The van der Waals surface area contributed by atoms with Crippen LogP contribution in [0.25, 0.3) is 0 Å². The van der Waals surface area contributed by atoms with Crippen LogP contribution in [0.15, 0.2) is 182 Å². The fourth-order valence-corrected chi connectivity index (χ4v) is 16.3. The van der Waals surface area contributed by atoms with E-state index < -0.39 is 15.0 Å². The zero-order chi connectivity index (χ0) is 26.4. The van der Waals surface area contributed by atoms with Gasteiger partial charge < -0.3 is 0 Å². The SMILES string of the molecule is c1ccc([PH](O[PH](c2ccccc2)(c2ccccc2)c2ccccc2)(c2ccccc2)c2ccccc2)cc1. The van der Waals surface area contributed by atoms with Gasteiger partial charge in [-0.1, -0.05) is 0 Å². The first-order chi connectivity index (χ1) is 19.3. The van der Waals surface area contributed by atoms with Crippen molar-refractivity contribution in [3.8, 4) is 0 Å². The molecule has 6 rings (SSSR count). The molecule has 1 nitrogen and oxygen atoms in total. The number of rotatable bonds is 8. The summed E-state index contributed by atoms with van der Waals surface area (Å²) in [4.78, 5) is 0. The van der Waals surface area contributed by atoms with E-state index in [0.717, 1.165) is 0 Å². The molecule has 0 aliphatic rings. The first-order valence-electron chi connectivity index (χ1n) is 13.4. The van der Waals surface area contributed by atoms with Gasteiger partial charge in [-0.25, -0.2) is 0 Å². The first kappa shape index (κ1) is 25.4. The summed E-state index contributed by atoms with van der Waals surface area (Å²) in [7, 11) is -6.09. The molecule has 0 aliphatic heterocycles. The second-order valence-electron chi connectivity index (χ2n) is 9.66. The zero-order valence-corrected chi connectivity index (χ0v) is 23.7. The minimum atomic E-state index is -3.05. The van der Waals surface area contributed by atoms with Crippen LogP contribution < -0.4 is 31.8 Å². The van der Waals surface area contributed by atoms with E-state index in [-0.39, 0.29) is 0 Å². The molecule has 3 heteroatoms. The molecule has 0 saturated heterocycles. The van der Waals surface area contributed by atoms with E-state index in [9.17, 15) is 0 Å². The van der Waals surface area contributed by atoms with E-state index >= 15 is 0 Å². The summed E-state index contributed by atoms with van der Waals surface area (Å²) in [5.74, 6) is 0. The Balaban J connectivity index is 1.76. The van der Waals surface area contributed by atoms with Crippen LogP contribution in [0, 0.1) is 0 Å². The standard InChI is InChI=1S/C36H32OP2/c1-7-19-31(20-8-1)38(32-21-9-2-10-22-32,33-23-11-3-12-24-33)37-39(34-25-13-4-14-26-34,35-27-15-5-16-28-35)36-29-17-6-18-30-36/h1-30,38-39H. The second kappa shape index (κ2) is 11.5. The number of benzene rings is 6. The maximum absolute atomic E-state index is 8.22. The van der Waals surface area contributed by atoms with Crippen LogP contribution in [-0.2, 0) is 4.31 Å². The molecule has 0 radical (unpaired) electrons. The molecule has 39 heavy (non-hydrogen) atoms. The van der Waals surface area contributed by atoms with Gasteiger partial charge in [0.05, 0.1) is 0 Å². The molecular weight excluding hydrogens is 510 g/mol. The van der Waals surface area contributed by atoms with Crippen LogP contribution >= 0.6 is 15.0 Å². The van der Waals surface area contributed by atoms with Gasteiger partial charge in [-0.05, 0) is 0 Å². The van der Waals surface area contributed by atoms with Gasteiger partial charge in [-0.15, -0.1) is 0 Å².